The second-order valence-corrected chi connectivity index (χ2v) is 9.63. The summed E-state index contributed by atoms with van der Waals surface area (Å²) in [5.41, 5.74) is 6.26. The molecule has 0 aromatic carbocycles. The van der Waals surface area contributed by atoms with Gasteiger partial charge in [-0.15, -0.1) is 0 Å². The maximum Gasteiger partial charge on any atom is 0.254 e. The number of carbonyl (C=O) groups excluding carboxylic acids is 1. The summed E-state index contributed by atoms with van der Waals surface area (Å²) in [6, 6.07) is 2.24. The number of amides is 1. The molecule has 1 saturated heterocycles. The first-order valence-electron chi connectivity index (χ1n) is 11.7. The Morgan fingerprint density at radius 3 is 2.47 bits per heavy atom. The van der Waals surface area contributed by atoms with E-state index in [1.807, 2.05) is 33.6 Å². The van der Waals surface area contributed by atoms with Gasteiger partial charge in [-0.25, -0.2) is 9.67 Å². The van der Waals surface area contributed by atoms with Gasteiger partial charge in [0.25, 0.3) is 5.91 Å². The molecule has 0 spiro atoms. The Bertz CT molecular complexity index is 1160. The molecule has 170 valence electrons. The van der Waals surface area contributed by atoms with E-state index in [4.69, 9.17) is 4.98 Å². The zero-order chi connectivity index (χ0) is 22.6. The number of hydrogen-bond acceptors (Lipinski definition) is 5. The molecule has 3 aromatic heterocycles. The second kappa shape index (κ2) is 7.99. The van der Waals surface area contributed by atoms with Crippen molar-refractivity contribution in [2.75, 3.05) is 26.2 Å². The van der Waals surface area contributed by atoms with E-state index in [1.54, 1.807) is 0 Å². The number of carbonyl (C=O) groups is 1. The Hall–Kier alpha value is -2.74. The van der Waals surface area contributed by atoms with Crippen molar-refractivity contribution in [1.29, 1.82) is 0 Å². The standard InChI is InChI=1S/C24H33N7O/c1-15(2)31-23-20(13-25-31)19(12-22(26-23)18-6-7-18)24(32)30-10-8-29(9-11-30)14-21-16(3)27-28(5)17(21)4/h12-13,15,18H,6-11,14H2,1-5H3. The molecule has 2 aliphatic rings. The Kier molecular flexibility index (Phi) is 5.28. The summed E-state index contributed by atoms with van der Waals surface area (Å²) in [6.45, 7) is 12.5. The van der Waals surface area contributed by atoms with Gasteiger partial charge >= 0.3 is 0 Å². The van der Waals surface area contributed by atoms with Crippen molar-refractivity contribution in [2.45, 2.75) is 59.0 Å². The highest BCUT2D eigenvalue weighted by Gasteiger charge is 2.30. The van der Waals surface area contributed by atoms with E-state index in [9.17, 15) is 4.79 Å². The Morgan fingerprint density at radius 2 is 1.88 bits per heavy atom. The molecule has 3 aromatic rings. The molecule has 1 aliphatic heterocycles. The lowest BCUT2D eigenvalue weighted by Gasteiger charge is -2.35. The summed E-state index contributed by atoms with van der Waals surface area (Å²) < 4.78 is 3.89. The molecule has 8 nitrogen and oxygen atoms in total. The predicted octanol–water partition coefficient (Wildman–Crippen LogP) is 3.20. The van der Waals surface area contributed by atoms with Gasteiger partial charge in [0.15, 0.2) is 5.65 Å². The monoisotopic (exact) mass is 435 g/mol. The third-order valence-corrected chi connectivity index (χ3v) is 7.00. The summed E-state index contributed by atoms with van der Waals surface area (Å²) in [5.74, 6) is 0.597. The number of hydrogen-bond donors (Lipinski definition) is 0. The molecule has 1 amide bonds. The fourth-order valence-electron chi connectivity index (χ4n) is 4.73. The van der Waals surface area contributed by atoms with Crippen LogP contribution in [0.5, 0.6) is 0 Å². The molecule has 0 unspecified atom stereocenters. The number of aromatic nitrogens is 5. The maximum atomic E-state index is 13.6. The highest BCUT2D eigenvalue weighted by atomic mass is 16.2. The van der Waals surface area contributed by atoms with Crippen LogP contribution in [0.15, 0.2) is 12.3 Å². The number of piperazine rings is 1. The highest BCUT2D eigenvalue weighted by Crippen LogP contribution is 2.40. The minimum absolute atomic E-state index is 0.107. The first-order chi connectivity index (χ1) is 15.3. The highest BCUT2D eigenvalue weighted by molar-refractivity contribution is 6.05. The Morgan fingerprint density at radius 1 is 1.16 bits per heavy atom. The molecule has 0 bridgehead atoms. The summed E-state index contributed by atoms with van der Waals surface area (Å²) >= 11 is 0. The van der Waals surface area contributed by atoms with Crippen LogP contribution in [0.1, 0.15) is 71.7 Å². The average Bonchev–Trinajstić information content (AvgIpc) is 3.49. The zero-order valence-corrected chi connectivity index (χ0v) is 19.8. The van der Waals surface area contributed by atoms with Crippen LogP contribution in [0, 0.1) is 13.8 Å². The number of nitrogens with zero attached hydrogens (tertiary/aromatic N) is 7. The lowest BCUT2D eigenvalue weighted by molar-refractivity contribution is 0.0629. The third-order valence-electron chi connectivity index (χ3n) is 7.00. The van der Waals surface area contributed by atoms with Crippen LogP contribution >= 0.6 is 0 Å². The SMILES string of the molecule is Cc1nn(C)c(C)c1CN1CCN(C(=O)c2cc(C3CC3)nc3c2cnn3C(C)C)CC1. The molecule has 4 heterocycles. The van der Waals surface area contributed by atoms with Crippen LogP contribution in [-0.4, -0.2) is 66.4 Å². The molecule has 5 rings (SSSR count). The van der Waals surface area contributed by atoms with Crippen molar-refractivity contribution in [3.05, 3.63) is 40.5 Å². The van der Waals surface area contributed by atoms with Gasteiger partial charge < -0.3 is 4.90 Å². The van der Waals surface area contributed by atoms with E-state index in [2.05, 4.69) is 42.8 Å². The molecular formula is C24H33N7O. The summed E-state index contributed by atoms with van der Waals surface area (Å²) in [6.07, 6.45) is 4.14. The Labute approximate surface area is 189 Å². The first-order valence-corrected chi connectivity index (χ1v) is 11.7. The predicted molar refractivity (Wildman–Crippen MR) is 124 cm³/mol. The maximum absolute atomic E-state index is 13.6. The van der Waals surface area contributed by atoms with Crippen LogP contribution in [0.2, 0.25) is 0 Å². The van der Waals surface area contributed by atoms with Gasteiger partial charge in [-0.05, 0) is 46.6 Å². The molecule has 1 aliphatic carbocycles. The quantitative estimate of drug-likeness (QED) is 0.615. The molecule has 2 fully saturated rings. The van der Waals surface area contributed by atoms with Crippen LogP contribution in [0.3, 0.4) is 0 Å². The van der Waals surface area contributed by atoms with E-state index in [0.717, 1.165) is 73.6 Å². The van der Waals surface area contributed by atoms with Gasteiger partial charge in [0.05, 0.1) is 22.8 Å². The number of rotatable bonds is 5. The lowest BCUT2D eigenvalue weighted by atomic mass is 10.1. The van der Waals surface area contributed by atoms with Gasteiger partial charge in [0.2, 0.25) is 0 Å². The second-order valence-electron chi connectivity index (χ2n) is 9.63. The topological polar surface area (TPSA) is 72.1 Å². The van der Waals surface area contributed by atoms with Crippen LogP contribution < -0.4 is 0 Å². The van der Waals surface area contributed by atoms with Gasteiger partial charge in [-0.1, -0.05) is 0 Å². The van der Waals surface area contributed by atoms with Gasteiger partial charge in [0, 0.05) is 68.7 Å². The summed E-state index contributed by atoms with van der Waals surface area (Å²) in [5, 5.41) is 9.96. The molecule has 8 heteroatoms. The van der Waals surface area contributed by atoms with Crippen molar-refractivity contribution < 1.29 is 4.79 Å². The normalized spacial score (nSPS) is 17.6. The largest absolute Gasteiger partial charge is 0.336 e. The summed E-state index contributed by atoms with van der Waals surface area (Å²) in [7, 11) is 2.00. The first kappa shape index (κ1) is 21.1. The van der Waals surface area contributed by atoms with E-state index in [0.29, 0.717) is 5.92 Å². The number of fused-ring (bicyclic) bond motifs is 1. The molecular weight excluding hydrogens is 402 g/mol. The van der Waals surface area contributed by atoms with Crippen LogP contribution in [-0.2, 0) is 13.6 Å². The fraction of sp³-hybridized carbons (Fsp3) is 0.583. The number of aryl methyl sites for hydroxylation is 2. The van der Waals surface area contributed by atoms with Crippen molar-refractivity contribution in [3.63, 3.8) is 0 Å². The van der Waals surface area contributed by atoms with Crippen molar-refractivity contribution in [1.82, 2.24) is 34.3 Å². The van der Waals surface area contributed by atoms with Crippen molar-refractivity contribution in [2.24, 2.45) is 7.05 Å². The molecule has 1 saturated carbocycles. The average molecular weight is 436 g/mol. The van der Waals surface area contributed by atoms with Crippen LogP contribution in [0.4, 0.5) is 0 Å². The molecule has 0 N–H and O–H groups in total. The van der Waals surface area contributed by atoms with Crippen molar-refractivity contribution in [3.8, 4) is 0 Å². The molecule has 0 radical (unpaired) electrons. The fourth-order valence-corrected chi connectivity index (χ4v) is 4.73. The third kappa shape index (κ3) is 3.70. The minimum Gasteiger partial charge on any atom is -0.336 e. The van der Waals surface area contributed by atoms with E-state index >= 15 is 0 Å². The lowest BCUT2D eigenvalue weighted by Crippen LogP contribution is -2.48. The molecule has 0 atom stereocenters. The zero-order valence-electron chi connectivity index (χ0n) is 19.8. The smallest absolute Gasteiger partial charge is 0.254 e. The summed E-state index contributed by atoms with van der Waals surface area (Å²) in [4.78, 5) is 22.9. The molecule has 32 heavy (non-hydrogen) atoms. The van der Waals surface area contributed by atoms with E-state index in [1.165, 1.54) is 11.3 Å². The van der Waals surface area contributed by atoms with Crippen LogP contribution in [0.25, 0.3) is 11.0 Å². The van der Waals surface area contributed by atoms with E-state index < -0.39 is 0 Å². The number of pyridine rings is 1. The van der Waals surface area contributed by atoms with Gasteiger partial charge in [-0.2, -0.15) is 10.2 Å². The van der Waals surface area contributed by atoms with Gasteiger partial charge in [0.1, 0.15) is 0 Å². The minimum atomic E-state index is 0.107. The van der Waals surface area contributed by atoms with Gasteiger partial charge in [-0.3, -0.25) is 14.4 Å². The van der Waals surface area contributed by atoms with Crippen molar-refractivity contribution >= 4 is 16.9 Å². The van der Waals surface area contributed by atoms with E-state index in [-0.39, 0.29) is 11.9 Å². The Balaban J connectivity index is 1.35.